The van der Waals surface area contributed by atoms with Gasteiger partial charge in [0, 0.05) is 60.7 Å². The summed E-state index contributed by atoms with van der Waals surface area (Å²) in [5.74, 6) is -2.10. The molecule has 14 heteroatoms. The SMILES string of the molecule is CN1CC[C@H](c2c(O)cc(O)c3c(=O)cc(-c4ccccc4Cl)oc23)[C@H](OC(=O)C2CCN(c3ccnc(C(F)(F)F)c3)CC2)C1.Cl. The van der Waals surface area contributed by atoms with Crippen LogP contribution in [0.3, 0.4) is 0 Å². The fraction of sp³-hybridized carbons (Fsp3) is 0.364. The number of phenolic OH excluding ortho intramolecular Hbond substituents is 2. The minimum atomic E-state index is -4.56. The highest BCUT2D eigenvalue weighted by atomic mass is 35.5. The number of alkyl halides is 3. The van der Waals surface area contributed by atoms with Crippen LogP contribution < -0.4 is 10.3 Å². The molecule has 47 heavy (non-hydrogen) atoms. The van der Waals surface area contributed by atoms with Gasteiger partial charge in [-0.1, -0.05) is 23.7 Å². The van der Waals surface area contributed by atoms with Crippen molar-refractivity contribution in [3.05, 3.63) is 81.2 Å². The molecule has 2 aliphatic heterocycles. The molecule has 0 amide bonds. The number of esters is 1. The summed E-state index contributed by atoms with van der Waals surface area (Å²) in [4.78, 5) is 34.0. The molecule has 0 saturated carbocycles. The predicted molar refractivity (Wildman–Crippen MR) is 172 cm³/mol. The fourth-order valence-corrected chi connectivity index (χ4v) is 6.61. The molecule has 0 bridgehead atoms. The smallest absolute Gasteiger partial charge is 0.433 e. The van der Waals surface area contributed by atoms with E-state index in [1.807, 2.05) is 11.9 Å². The van der Waals surface area contributed by atoms with E-state index >= 15 is 0 Å². The molecular formula is C33H32Cl2F3N3O6. The zero-order valence-corrected chi connectivity index (χ0v) is 26.7. The Balaban J connectivity index is 0.00000433. The maximum Gasteiger partial charge on any atom is 0.433 e. The first kappa shape index (κ1) is 34.3. The lowest BCUT2D eigenvalue weighted by atomic mass is 9.85. The van der Waals surface area contributed by atoms with Crippen LogP contribution in [0.2, 0.25) is 5.02 Å². The van der Waals surface area contributed by atoms with Crippen molar-refractivity contribution in [3.63, 3.8) is 0 Å². The number of pyridine rings is 1. The van der Waals surface area contributed by atoms with Crippen molar-refractivity contribution in [1.82, 2.24) is 9.88 Å². The van der Waals surface area contributed by atoms with Gasteiger partial charge in [0.05, 0.1) is 10.9 Å². The third-order valence-corrected chi connectivity index (χ3v) is 9.09. The summed E-state index contributed by atoms with van der Waals surface area (Å²) >= 11 is 6.38. The summed E-state index contributed by atoms with van der Waals surface area (Å²) in [7, 11) is 1.88. The maximum atomic E-state index is 13.5. The lowest BCUT2D eigenvalue weighted by Gasteiger charge is -2.38. The predicted octanol–water partition coefficient (Wildman–Crippen LogP) is 6.61. The van der Waals surface area contributed by atoms with Crippen LogP contribution in [0.4, 0.5) is 18.9 Å². The molecule has 0 spiro atoms. The molecule has 6 rings (SSSR count). The molecule has 4 aromatic rings. The Hall–Kier alpha value is -4.00. The second-order valence-corrected chi connectivity index (χ2v) is 12.2. The van der Waals surface area contributed by atoms with Crippen LogP contribution in [0.15, 0.2) is 63.9 Å². The zero-order valence-electron chi connectivity index (χ0n) is 25.2. The normalized spacial score (nSPS) is 19.4. The number of hydrogen-bond donors (Lipinski definition) is 2. The van der Waals surface area contributed by atoms with Gasteiger partial charge in [-0.05, 0) is 57.1 Å². The number of benzene rings is 2. The van der Waals surface area contributed by atoms with Gasteiger partial charge in [-0.15, -0.1) is 12.4 Å². The third kappa shape index (κ3) is 7.00. The number of likely N-dealkylation sites (N-methyl/N-ethyl adjacent to an activating group) is 1. The molecule has 2 aromatic heterocycles. The van der Waals surface area contributed by atoms with E-state index in [9.17, 15) is 33.0 Å². The molecular weight excluding hydrogens is 662 g/mol. The molecule has 2 atom stereocenters. The van der Waals surface area contributed by atoms with E-state index in [4.69, 9.17) is 20.8 Å². The number of anilines is 1. The number of ether oxygens (including phenoxy) is 1. The highest BCUT2D eigenvalue weighted by Gasteiger charge is 2.39. The van der Waals surface area contributed by atoms with Gasteiger partial charge in [-0.2, -0.15) is 13.2 Å². The molecule has 0 aliphatic carbocycles. The van der Waals surface area contributed by atoms with E-state index in [0.29, 0.717) is 61.7 Å². The summed E-state index contributed by atoms with van der Waals surface area (Å²) < 4.78 is 51.8. The molecule has 250 valence electrons. The number of fused-ring (bicyclic) bond motifs is 1. The summed E-state index contributed by atoms with van der Waals surface area (Å²) in [5, 5.41) is 22.0. The quantitative estimate of drug-likeness (QED) is 0.223. The number of aromatic hydroxyl groups is 2. The number of nitrogens with zero attached hydrogens (tertiary/aromatic N) is 3. The summed E-state index contributed by atoms with van der Waals surface area (Å²) in [6.07, 6.45) is -2.97. The molecule has 0 unspecified atom stereocenters. The Kier molecular flexibility index (Phi) is 9.95. The van der Waals surface area contributed by atoms with Crippen molar-refractivity contribution in [2.75, 3.05) is 38.1 Å². The van der Waals surface area contributed by atoms with Gasteiger partial charge in [0.1, 0.15) is 40.0 Å². The molecule has 2 N–H and O–H groups in total. The van der Waals surface area contributed by atoms with Gasteiger partial charge in [0.15, 0.2) is 5.43 Å². The maximum absolute atomic E-state index is 13.5. The minimum absolute atomic E-state index is 0. The first-order valence-electron chi connectivity index (χ1n) is 14.9. The number of aromatic nitrogens is 1. The van der Waals surface area contributed by atoms with Crippen LogP contribution in [-0.2, 0) is 15.7 Å². The minimum Gasteiger partial charge on any atom is -0.507 e. The highest BCUT2D eigenvalue weighted by Crippen LogP contribution is 2.44. The molecule has 4 heterocycles. The topological polar surface area (TPSA) is 116 Å². The van der Waals surface area contributed by atoms with Crippen LogP contribution in [0, 0.1) is 5.92 Å². The molecule has 2 saturated heterocycles. The zero-order chi connectivity index (χ0) is 32.7. The van der Waals surface area contributed by atoms with E-state index < -0.39 is 47.0 Å². The number of hydrogen-bond acceptors (Lipinski definition) is 9. The van der Waals surface area contributed by atoms with E-state index in [1.165, 1.54) is 12.1 Å². The molecule has 9 nitrogen and oxygen atoms in total. The number of carbonyl (C=O) groups excluding carboxylic acids is 1. The lowest BCUT2D eigenvalue weighted by molar-refractivity contribution is -0.158. The number of rotatable bonds is 5. The summed E-state index contributed by atoms with van der Waals surface area (Å²) in [6, 6.07) is 11.7. The lowest BCUT2D eigenvalue weighted by Crippen LogP contribution is -2.45. The average Bonchev–Trinajstić information content (AvgIpc) is 3.01. The van der Waals surface area contributed by atoms with E-state index in [-0.39, 0.29) is 40.4 Å². The number of carbonyl (C=O) groups is 1. The van der Waals surface area contributed by atoms with E-state index in [1.54, 1.807) is 29.2 Å². The molecule has 0 radical (unpaired) electrons. The Morgan fingerprint density at radius 2 is 1.77 bits per heavy atom. The van der Waals surface area contributed by atoms with Crippen molar-refractivity contribution < 1.29 is 37.3 Å². The van der Waals surface area contributed by atoms with Gasteiger partial charge in [0.2, 0.25) is 0 Å². The third-order valence-electron chi connectivity index (χ3n) is 8.77. The largest absolute Gasteiger partial charge is 0.507 e. The Bertz CT molecular complexity index is 1850. The van der Waals surface area contributed by atoms with Crippen molar-refractivity contribution >= 4 is 46.6 Å². The number of likely N-dealkylation sites (tertiary alicyclic amines) is 1. The second-order valence-electron chi connectivity index (χ2n) is 11.8. The summed E-state index contributed by atoms with van der Waals surface area (Å²) in [5.41, 5.74) is -0.429. The van der Waals surface area contributed by atoms with Crippen molar-refractivity contribution in [1.29, 1.82) is 0 Å². The van der Waals surface area contributed by atoms with Crippen LogP contribution in [0.1, 0.15) is 36.4 Å². The Morgan fingerprint density at radius 1 is 1.04 bits per heavy atom. The van der Waals surface area contributed by atoms with Gasteiger partial charge in [-0.25, -0.2) is 0 Å². The second kappa shape index (κ2) is 13.6. The van der Waals surface area contributed by atoms with Crippen molar-refractivity contribution in [2.24, 2.45) is 5.92 Å². The monoisotopic (exact) mass is 693 g/mol. The fourth-order valence-electron chi connectivity index (χ4n) is 6.38. The van der Waals surface area contributed by atoms with Crippen LogP contribution in [0.25, 0.3) is 22.3 Å². The van der Waals surface area contributed by atoms with Gasteiger partial charge in [-0.3, -0.25) is 14.6 Å². The molecule has 2 aliphatic rings. The van der Waals surface area contributed by atoms with Gasteiger partial charge < -0.3 is 29.2 Å². The highest BCUT2D eigenvalue weighted by molar-refractivity contribution is 6.33. The van der Waals surface area contributed by atoms with Gasteiger partial charge >= 0.3 is 12.1 Å². The number of phenols is 2. The standard InChI is InChI=1S/C33H31ClF3N3O6.ClH/c1-39-11-9-21(29-23(41)15-24(42)30-25(43)16-26(45-31(29)30)20-4-2-3-5-22(20)34)27(17-39)46-32(44)18-7-12-40(13-8-18)19-6-10-38-28(14-19)33(35,36)37;/h2-6,10,14-16,18,21,27,41-42H,7-9,11-13,17H2,1H3;1H/t21-,27+;/m0./s1. The van der Waals surface area contributed by atoms with Crippen molar-refractivity contribution in [3.8, 4) is 22.8 Å². The van der Waals surface area contributed by atoms with Crippen LogP contribution in [0.5, 0.6) is 11.5 Å². The van der Waals surface area contributed by atoms with Gasteiger partial charge in [0.25, 0.3) is 0 Å². The number of halogens is 5. The van der Waals surface area contributed by atoms with E-state index in [2.05, 4.69) is 4.98 Å². The average molecular weight is 695 g/mol. The van der Waals surface area contributed by atoms with Crippen LogP contribution in [-0.4, -0.2) is 65.4 Å². The molecule has 2 fully saturated rings. The van der Waals surface area contributed by atoms with Crippen LogP contribution >= 0.6 is 24.0 Å². The van der Waals surface area contributed by atoms with E-state index in [0.717, 1.165) is 18.3 Å². The Labute approximate surface area is 278 Å². The van der Waals surface area contributed by atoms with Crippen molar-refractivity contribution in [2.45, 2.75) is 37.5 Å². The summed E-state index contributed by atoms with van der Waals surface area (Å²) in [6.45, 7) is 1.64. The number of piperidine rings is 2. The molecule has 2 aromatic carbocycles. The first-order chi connectivity index (χ1) is 21.9. The first-order valence-corrected chi connectivity index (χ1v) is 15.2. The Morgan fingerprint density at radius 3 is 2.47 bits per heavy atom.